The van der Waals surface area contributed by atoms with Crippen molar-refractivity contribution in [1.82, 2.24) is 4.98 Å². The smallest absolute Gasteiger partial charge is 0.274 e. The van der Waals surface area contributed by atoms with Crippen LogP contribution in [0, 0.1) is 6.92 Å². The highest BCUT2D eigenvalue weighted by Crippen LogP contribution is 2.18. The maximum absolute atomic E-state index is 12.2. The monoisotopic (exact) mass is 337 g/mol. The molecule has 1 aromatic heterocycles. The Labute approximate surface area is 145 Å². The lowest BCUT2D eigenvalue weighted by Crippen LogP contribution is -2.13. The number of benzene rings is 2. The number of hydrogen-bond donors (Lipinski definition) is 2. The van der Waals surface area contributed by atoms with E-state index in [1.165, 1.54) is 5.56 Å². The van der Waals surface area contributed by atoms with Crippen molar-refractivity contribution in [1.29, 1.82) is 0 Å². The van der Waals surface area contributed by atoms with Crippen LogP contribution in [0.2, 0.25) is 5.02 Å². The lowest BCUT2D eigenvalue weighted by atomic mass is 10.2. The minimum atomic E-state index is -0.278. The molecule has 0 unspecified atom stereocenters. The van der Waals surface area contributed by atoms with E-state index in [0.29, 0.717) is 16.4 Å². The highest BCUT2D eigenvalue weighted by Gasteiger charge is 2.08. The summed E-state index contributed by atoms with van der Waals surface area (Å²) in [5.74, 6) is -0.278. The molecule has 1 amide bonds. The molecule has 3 aromatic rings. The first-order chi connectivity index (χ1) is 11.6. The van der Waals surface area contributed by atoms with E-state index in [1.54, 1.807) is 36.5 Å². The Hall–Kier alpha value is -2.85. The fourth-order valence-corrected chi connectivity index (χ4v) is 2.44. The van der Waals surface area contributed by atoms with Crippen LogP contribution < -0.4 is 10.6 Å². The van der Waals surface area contributed by atoms with Gasteiger partial charge in [-0.05, 0) is 55.0 Å². The molecule has 24 heavy (non-hydrogen) atoms. The number of halogens is 1. The van der Waals surface area contributed by atoms with Crippen molar-refractivity contribution in [3.05, 3.63) is 83.1 Å². The highest BCUT2D eigenvalue weighted by atomic mass is 35.5. The van der Waals surface area contributed by atoms with Crippen molar-refractivity contribution in [2.24, 2.45) is 0 Å². The molecule has 2 aromatic carbocycles. The zero-order valence-corrected chi connectivity index (χ0v) is 13.8. The van der Waals surface area contributed by atoms with Crippen molar-refractivity contribution in [3.63, 3.8) is 0 Å². The number of amides is 1. The number of carbonyl (C=O) groups excluding carboxylic acids is 1. The number of pyridine rings is 1. The summed E-state index contributed by atoms with van der Waals surface area (Å²) in [6, 6.07) is 18.5. The molecule has 0 saturated carbocycles. The molecule has 2 N–H and O–H groups in total. The number of nitrogens with zero attached hydrogens (tertiary/aromatic N) is 1. The van der Waals surface area contributed by atoms with Gasteiger partial charge < -0.3 is 10.6 Å². The third-order valence-electron chi connectivity index (χ3n) is 3.39. The van der Waals surface area contributed by atoms with Crippen LogP contribution in [-0.4, -0.2) is 10.9 Å². The van der Waals surface area contributed by atoms with Gasteiger partial charge in [0.05, 0.1) is 11.9 Å². The maximum atomic E-state index is 12.2. The molecule has 0 aliphatic rings. The van der Waals surface area contributed by atoms with Crippen LogP contribution >= 0.6 is 11.6 Å². The Morgan fingerprint density at radius 2 is 1.75 bits per heavy atom. The third kappa shape index (κ3) is 4.12. The predicted molar refractivity (Wildman–Crippen MR) is 98.1 cm³/mol. The summed E-state index contributed by atoms with van der Waals surface area (Å²) in [5.41, 5.74) is 3.94. The van der Waals surface area contributed by atoms with Gasteiger partial charge in [0.1, 0.15) is 5.69 Å². The van der Waals surface area contributed by atoms with E-state index in [0.717, 1.165) is 11.4 Å². The van der Waals surface area contributed by atoms with Crippen LogP contribution in [0.1, 0.15) is 16.1 Å². The summed E-state index contributed by atoms with van der Waals surface area (Å²) in [5, 5.41) is 6.59. The fourth-order valence-electron chi connectivity index (χ4n) is 2.25. The number of anilines is 3. The molecule has 0 aliphatic heterocycles. The molecule has 5 heteroatoms. The molecular formula is C19H16ClN3O. The largest absolute Gasteiger partial charge is 0.354 e. The Morgan fingerprint density at radius 1 is 0.958 bits per heavy atom. The van der Waals surface area contributed by atoms with Crippen LogP contribution in [-0.2, 0) is 0 Å². The van der Waals surface area contributed by atoms with Crippen LogP contribution in [0.3, 0.4) is 0 Å². The van der Waals surface area contributed by atoms with E-state index in [9.17, 15) is 4.79 Å². The Kier molecular flexibility index (Phi) is 4.77. The van der Waals surface area contributed by atoms with Crippen molar-refractivity contribution in [2.75, 3.05) is 10.6 Å². The molecular weight excluding hydrogens is 322 g/mol. The van der Waals surface area contributed by atoms with Gasteiger partial charge in [-0.3, -0.25) is 4.79 Å². The Balaban J connectivity index is 1.68. The number of hydrogen-bond acceptors (Lipinski definition) is 3. The van der Waals surface area contributed by atoms with E-state index >= 15 is 0 Å². The fraction of sp³-hybridized carbons (Fsp3) is 0.0526. The number of carbonyl (C=O) groups is 1. The number of rotatable bonds is 4. The normalized spacial score (nSPS) is 10.2. The van der Waals surface area contributed by atoms with Crippen molar-refractivity contribution < 1.29 is 4.79 Å². The molecule has 0 atom stereocenters. The van der Waals surface area contributed by atoms with Gasteiger partial charge in [0.15, 0.2) is 0 Å². The molecule has 1 heterocycles. The van der Waals surface area contributed by atoms with E-state index in [-0.39, 0.29) is 5.91 Å². The molecule has 0 saturated heterocycles. The van der Waals surface area contributed by atoms with Gasteiger partial charge >= 0.3 is 0 Å². The zero-order valence-electron chi connectivity index (χ0n) is 13.1. The van der Waals surface area contributed by atoms with Gasteiger partial charge in [-0.2, -0.15) is 0 Å². The molecule has 4 nitrogen and oxygen atoms in total. The third-order valence-corrected chi connectivity index (χ3v) is 3.62. The van der Waals surface area contributed by atoms with E-state index in [4.69, 9.17) is 11.6 Å². The first-order valence-electron chi connectivity index (χ1n) is 7.47. The number of aromatic nitrogens is 1. The predicted octanol–water partition coefficient (Wildman–Crippen LogP) is 5.04. The van der Waals surface area contributed by atoms with Crippen LogP contribution in [0.15, 0.2) is 66.9 Å². The minimum Gasteiger partial charge on any atom is -0.354 e. The summed E-state index contributed by atoms with van der Waals surface area (Å²) < 4.78 is 0. The zero-order chi connectivity index (χ0) is 16.9. The standard InChI is InChI=1S/C19H16ClN3O/c1-13-4-2-6-15(10-13)22-17-8-9-18(21-12-17)19(24)23-16-7-3-5-14(20)11-16/h2-12,22H,1H3,(H,23,24). The molecule has 0 aliphatic carbocycles. The van der Waals surface area contributed by atoms with Crippen molar-refractivity contribution >= 4 is 34.6 Å². The molecule has 0 spiro atoms. The Bertz CT molecular complexity index is 862. The SMILES string of the molecule is Cc1cccc(Nc2ccc(C(=O)Nc3cccc(Cl)c3)nc2)c1. The van der Waals surface area contributed by atoms with E-state index in [1.807, 2.05) is 37.3 Å². The summed E-state index contributed by atoms with van der Waals surface area (Å²) >= 11 is 5.91. The lowest BCUT2D eigenvalue weighted by molar-refractivity contribution is 0.102. The van der Waals surface area contributed by atoms with Crippen LogP contribution in [0.5, 0.6) is 0 Å². The molecule has 0 fully saturated rings. The highest BCUT2D eigenvalue weighted by molar-refractivity contribution is 6.30. The quantitative estimate of drug-likeness (QED) is 0.701. The summed E-state index contributed by atoms with van der Waals surface area (Å²) in [6.45, 7) is 2.03. The minimum absolute atomic E-state index is 0.278. The number of nitrogens with one attached hydrogen (secondary N) is 2. The summed E-state index contributed by atoms with van der Waals surface area (Å²) in [6.07, 6.45) is 1.63. The topological polar surface area (TPSA) is 54.0 Å². The summed E-state index contributed by atoms with van der Waals surface area (Å²) in [7, 11) is 0. The molecule has 3 rings (SSSR count). The second-order valence-corrected chi connectivity index (χ2v) is 5.83. The van der Waals surface area contributed by atoms with Crippen LogP contribution in [0.4, 0.5) is 17.1 Å². The Morgan fingerprint density at radius 3 is 2.46 bits per heavy atom. The lowest BCUT2D eigenvalue weighted by Gasteiger charge is -2.08. The average Bonchev–Trinajstić information content (AvgIpc) is 2.55. The van der Waals surface area contributed by atoms with Gasteiger partial charge in [0, 0.05) is 16.4 Å². The van der Waals surface area contributed by atoms with Crippen molar-refractivity contribution in [3.8, 4) is 0 Å². The number of aryl methyl sites for hydroxylation is 1. The maximum Gasteiger partial charge on any atom is 0.274 e. The van der Waals surface area contributed by atoms with Gasteiger partial charge in [0.25, 0.3) is 5.91 Å². The second kappa shape index (κ2) is 7.15. The van der Waals surface area contributed by atoms with Gasteiger partial charge in [-0.15, -0.1) is 0 Å². The first kappa shape index (κ1) is 16.0. The summed E-state index contributed by atoms with van der Waals surface area (Å²) in [4.78, 5) is 16.4. The van der Waals surface area contributed by atoms with Gasteiger partial charge in [-0.25, -0.2) is 4.98 Å². The molecule has 120 valence electrons. The first-order valence-corrected chi connectivity index (χ1v) is 7.84. The van der Waals surface area contributed by atoms with Gasteiger partial charge in [0.2, 0.25) is 0 Å². The molecule has 0 radical (unpaired) electrons. The van der Waals surface area contributed by atoms with E-state index < -0.39 is 0 Å². The van der Waals surface area contributed by atoms with E-state index in [2.05, 4.69) is 15.6 Å². The van der Waals surface area contributed by atoms with Crippen LogP contribution in [0.25, 0.3) is 0 Å². The molecule has 0 bridgehead atoms. The second-order valence-electron chi connectivity index (χ2n) is 5.39. The van der Waals surface area contributed by atoms with Gasteiger partial charge in [-0.1, -0.05) is 29.8 Å². The average molecular weight is 338 g/mol. The van der Waals surface area contributed by atoms with Crippen molar-refractivity contribution in [2.45, 2.75) is 6.92 Å².